The Kier molecular flexibility index (Phi) is 3.33. The molecular formula is C7H10N2O2S. The van der Waals surface area contributed by atoms with E-state index in [0.29, 0.717) is 0 Å². The monoisotopic (exact) mass is 186 g/mol. The Hall–Kier alpha value is -0.780. The predicted molar refractivity (Wildman–Crippen MR) is 47.2 cm³/mol. The van der Waals surface area contributed by atoms with E-state index in [2.05, 4.69) is 10.7 Å². The van der Waals surface area contributed by atoms with Crippen molar-refractivity contribution in [3.8, 4) is 0 Å². The standard InChI is InChI=1S/C7H10N2O2S/c1-5(8-10)7(9-11)6-3-2-4-12-6/h2-5,7,9,11H,1H3. The Bertz CT molecular complexity index is 238. The molecule has 2 atom stereocenters. The molecule has 0 radical (unpaired) electrons. The van der Waals surface area contributed by atoms with Crippen LogP contribution in [0.5, 0.6) is 0 Å². The molecule has 0 spiro atoms. The van der Waals surface area contributed by atoms with Crippen LogP contribution in [0.25, 0.3) is 0 Å². The summed E-state index contributed by atoms with van der Waals surface area (Å²) >= 11 is 1.48. The van der Waals surface area contributed by atoms with Gasteiger partial charge in [0.2, 0.25) is 0 Å². The molecule has 1 aromatic rings. The Morgan fingerprint density at radius 3 is 2.92 bits per heavy atom. The Morgan fingerprint density at radius 2 is 2.50 bits per heavy atom. The lowest BCUT2D eigenvalue weighted by atomic mass is 10.1. The first-order valence-electron chi connectivity index (χ1n) is 3.55. The van der Waals surface area contributed by atoms with Crippen molar-refractivity contribution in [1.29, 1.82) is 0 Å². The van der Waals surface area contributed by atoms with Crippen LogP contribution in [-0.4, -0.2) is 11.2 Å². The molecule has 5 heteroatoms. The van der Waals surface area contributed by atoms with Crippen LogP contribution >= 0.6 is 11.3 Å². The summed E-state index contributed by atoms with van der Waals surface area (Å²) in [6, 6.07) is 2.86. The van der Waals surface area contributed by atoms with Crippen LogP contribution < -0.4 is 5.48 Å². The third kappa shape index (κ3) is 1.88. The predicted octanol–water partition coefficient (Wildman–Crippen LogP) is 1.92. The maximum atomic E-state index is 10.2. The summed E-state index contributed by atoms with van der Waals surface area (Å²) in [5.74, 6) is 0. The normalized spacial score (nSPS) is 15.5. The lowest BCUT2D eigenvalue weighted by Crippen LogP contribution is -2.25. The highest BCUT2D eigenvalue weighted by Gasteiger charge is 2.19. The van der Waals surface area contributed by atoms with Crippen molar-refractivity contribution in [2.75, 3.05) is 0 Å². The van der Waals surface area contributed by atoms with Gasteiger partial charge in [-0.15, -0.1) is 11.3 Å². The van der Waals surface area contributed by atoms with E-state index in [9.17, 15) is 4.91 Å². The van der Waals surface area contributed by atoms with Crippen molar-refractivity contribution in [2.45, 2.75) is 19.0 Å². The molecule has 12 heavy (non-hydrogen) atoms. The summed E-state index contributed by atoms with van der Waals surface area (Å²) in [6.45, 7) is 1.65. The van der Waals surface area contributed by atoms with Crippen molar-refractivity contribution in [2.24, 2.45) is 5.18 Å². The van der Waals surface area contributed by atoms with E-state index in [-0.39, 0.29) is 6.04 Å². The topological polar surface area (TPSA) is 61.7 Å². The van der Waals surface area contributed by atoms with E-state index < -0.39 is 6.04 Å². The molecule has 0 fully saturated rings. The second-order valence-corrected chi connectivity index (χ2v) is 3.45. The van der Waals surface area contributed by atoms with Gasteiger partial charge in [-0.3, -0.25) is 0 Å². The zero-order valence-electron chi connectivity index (χ0n) is 6.60. The van der Waals surface area contributed by atoms with Crippen LogP contribution in [0.2, 0.25) is 0 Å². The highest BCUT2D eigenvalue weighted by molar-refractivity contribution is 7.10. The molecule has 1 aromatic heterocycles. The first-order valence-corrected chi connectivity index (χ1v) is 4.43. The van der Waals surface area contributed by atoms with Gasteiger partial charge in [0.05, 0.1) is 6.04 Å². The molecule has 1 heterocycles. The fraction of sp³-hybridized carbons (Fsp3) is 0.429. The van der Waals surface area contributed by atoms with Crippen molar-refractivity contribution >= 4 is 11.3 Å². The molecule has 0 amide bonds. The summed E-state index contributed by atoms with van der Waals surface area (Å²) < 4.78 is 0. The smallest absolute Gasteiger partial charge is 0.112 e. The molecule has 0 aliphatic heterocycles. The molecule has 0 aromatic carbocycles. The van der Waals surface area contributed by atoms with E-state index in [4.69, 9.17) is 5.21 Å². The molecule has 0 aliphatic carbocycles. The lowest BCUT2D eigenvalue weighted by molar-refractivity contribution is 0.118. The quantitative estimate of drug-likeness (QED) is 0.558. The zero-order chi connectivity index (χ0) is 8.97. The average Bonchev–Trinajstić information content (AvgIpc) is 2.58. The van der Waals surface area contributed by atoms with Gasteiger partial charge in [-0.25, -0.2) is 0 Å². The van der Waals surface area contributed by atoms with Crippen molar-refractivity contribution < 1.29 is 5.21 Å². The van der Waals surface area contributed by atoms with Gasteiger partial charge in [0.25, 0.3) is 0 Å². The van der Waals surface area contributed by atoms with E-state index in [1.54, 1.807) is 6.92 Å². The fourth-order valence-corrected chi connectivity index (χ4v) is 1.81. The van der Waals surface area contributed by atoms with Crippen molar-refractivity contribution in [3.63, 3.8) is 0 Å². The summed E-state index contributed by atoms with van der Waals surface area (Å²) in [7, 11) is 0. The molecule has 4 nitrogen and oxygen atoms in total. The van der Waals surface area contributed by atoms with Gasteiger partial charge in [0.15, 0.2) is 0 Å². The largest absolute Gasteiger partial charge is 0.316 e. The van der Waals surface area contributed by atoms with Crippen LogP contribution in [0.1, 0.15) is 17.8 Å². The molecule has 0 saturated heterocycles. The van der Waals surface area contributed by atoms with Gasteiger partial charge in [-0.05, 0) is 18.4 Å². The fourth-order valence-electron chi connectivity index (χ4n) is 0.938. The minimum absolute atomic E-state index is 0.387. The summed E-state index contributed by atoms with van der Waals surface area (Å²) in [6.07, 6.45) is 0. The molecule has 2 N–H and O–H groups in total. The minimum Gasteiger partial charge on any atom is -0.316 e. The van der Waals surface area contributed by atoms with Gasteiger partial charge in [0, 0.05) is 4.88 Å². The molecule has 2 unspecified atom stereocenters. The van der Waals surface area contributed by atoms with E-state index in [0.717, 1.165) is 4.88 Å². The summed E-state index contributed by atoms with van der Waals surface area (Å²) in [4.78, 5) is 11.1. The zero-order valence-corrected chi connectivity index (χ0v) is 7.41. The van der Waals surface area contributed by atoms with Crippen molar-refractivity contribution in [3.05, 3.63) is 27.3 Å². The third-order valence-corrected chi connectivity index (χ3v) is 2.59. The molecule has 0 saturated carbocycles. The Labute approximate surface area is 74.2 Å². The van der Waals surface area contributed by atoms with Gasteiger partial charge in [-0.1, -0.05) is 11.2 Å². The maximum Gasteiger partial charge on any atom is 0.112 e. The molecule has 0 bridgehead atoms. The van der Waals surface area contributed by atoms with E-state index >= 15 is 0 Å². The molecular weight excluding hydrogens is 176 g/mol. The van der Waals surface area contributed by atoms with Crippen LogP contribution in [0.3, 0.4) is 0 Å². The maximum absolute atomic E-state index is 10.2. The second-order valence-electron chi connectivity index (χ2n) is 2.47. The number of nitrogens with one attached hydrogen (secondary N) is 1. The van der Waals surface area contributed by atoms with Gasteiger partial charge >= 0.3 is 0 Å². The number of hydroxylamine groups is 1. The van der Waals surface area contributed by atoms with E-state index in [1.807, 2.05) is 17.5 Å². The number of hydrogen-bond donors (Lipinski definition) is 2. The van der Waals surface area contributed by atoms with Crippen LogP contribution in [0.4, 0.5) is 0 Å². The molecule has 66 valence electrons. The first kappa shape index (κ1) is 9.31. The highest BCUT2D eigenvalue weighted by Crippen LogP contribution is 2.22. The number of hydrogen-bond acceptors (Lipinski definition) is 5. The number of nitroso groups, excluding NO2 is 1. The SMILES string of the molecule is CC(N=O)C(NO)c1cccs1. The van der Waals surface area contributed by atoms with Gasteiger partial charge in [-0.2, -0.15) is 10.4 Å². The summed E-state index contributed by atoms with van der Waals surface area (Å²) in [5.41, 5.74) is 2.07. The second kappa shape index (κ2) is 4.30. The van der Waals surface area contributed by atoms with Crippen molar-refractivity contribution in [1.82, 2.24) is 5.48 Å². The highest BCUT2D eigenvalue weighted by atomic mass is 32.1. The van der Waals surface area contributed by atoms with Crippen LogP contribution in [-0.2, 0) is 0 Å². The Balaban J connectivity index is 2.75. The molecule has 1 rings (SSSR count). The van der Waals surface area contributed by atoms with Gasteiger partial charge in [0.1, 0.15) is 6.04 Å². The first-order chi connectivity index (χ1) is 5.79. The summed E-state index contributed by atoms with van der Waals surface area (Å²) in [5, 5.41) is 13.5. The number of rotatable bonds is 4. The number of thiophene rings is 1. The number of nitrogens with zero attached hydrogens (tertiary/aromatic N) is 1. The minimum atomic E-state index is -0.464. The Morgan fingerprint density at radius 1 is 1.75 bits per heavy atom. The van der Waals surface area contributed by atoms with Crippen LogP contribution in [0.15, 0.2) is 22.7 Å². The van der Waals surface area contributed by atoms with E-state index in [1.165, 1.54) is 11.3 Å². The average molecular weight is 186 g/mol. The lowest BCUT2D eigenvalue weighted by Gasteiger charge is -2.14. The molecule has 0 aliphatic rings. The van der Waals surface area contributed by atoms with Crippen LogP contribution in [0, 0.1) is 4.91 Å². The third-order valence-electron chi connectivity index (χ3n) is 1.64. The van der Waals surface area contributed by atoms with Gasteiger partial charge < -0.3 is 5.21 Å².